The van der Waals surface area contributed by atoms with Crippen LogP contribution in [0.4, 0.5) is 11.4 Å². The highest BCUT2D eigenvalue weighted by atomic mass is 16.4. The predicted molar refractivity (Wildman–Crippen MR) is 70.8 cm³/mol. The lowest BCUT2D eigenvalue weighted by Crippen LogP contribution is -2.19. The van der Waals surface area contributed by atoms with E-state index in [1.165, 1.54) is 5.56 Å². The number of aryl methyl sites for hydroxylation is 1. The molecule has 1 unspecified atom stereocenters. The Kier molecular flexibility index (Phi) is 4.37. The van der Waals surface area contributed by atoms with Crippen molar-refractivity contribution in [2.24, 2.45) is 5.92 Å². The number of carboxylic acids is 1. The van der Waals surface area contributed by atoms with Gasteiger partial charge in [0.25, 0.3) is 0 Å². The number of hydrogen-bond acceptors (Lipinski definition) is 3. The second-order valence-electron chi connectivity index (χ2n) is 4.52. The minimum Gasteiger partial charge on any atom is -0.481 e. The van der Waals surface area contributed by atoms with Gasteiger partial charge in [0.05, 0.1) is 5.92 Å². The van der Waals surface area contributed by atoms with Crippen LogP contribution in [0.3, 0.4) is 0 Å². The molecular formula is C13H20N2O2. The summed E-state index contributed by atoms with van der Waals surface area (Å²) in [5.41, 5.74) is 3.29. The van der Waals surface area contributed by atoms with Gasteiger partial charge >= 0.3 is 5.97 Å². The summed E-state index contributed by atoms with van der Waals surface area (Å²) in [6.45, 7) is 4.18. The Bertz CT molecular complexity index is 402. The maximum atomic E-state index is 10.7. The zero-order chi connectivity index (χ0) is 13.0. The van der Waals surface area contributed by atoms with E-state index in [2.05, 4.69) is 12.2 Å². The molecule has 0 aliphatic carbocycles. The lowest BCUT2D eigenvalue weighted by Gasteiger charge is -2.18. The van der Waals surface area contributed by atoms with Gasteiger partial charge in [0, 0.05) is 32.0 Å². The van der Waals surface area contributed by atoms with Crippen molar-refractivity contribution in [1.29, 1.82) is 0 Å². The molecule has 0 heterocycles. The molecule has 0 bridgehead atoms. The summed E-state index contributed by atoms with van der Waals surface area (Å²) in [6, 6.07) is 6.03. The van der Waals surface area contributed by atoms with Crippen molar-refractivity contribution in [2.45, 2.75) is 13.8 Å². The van der Waals surface area contributed by atoms with E-state index in [0.717, 1.165) is 11.4 Å². The molecule has 0 aliphatic rings. The maximum Gasteiger partial charge on any atom is 0.308 e. The van der Waals surface area contributed by atoms with Crippen molar-refractivity contribution in [3.8, 4) is 0 Å². The molecule has 1 aromatic rings. The van der Waals surface area contributed by atoms with Crippen molar-refractivity contribution in [1.82, 2.24) is 0 Å². The van der Waals surface area contributed by atoms with E-state index in [-0.39, 0.29) is 5.92 Å². The molecule has 1 rings (SSSR count). The largest absolute Gasteiger partial charge is 0.481 e. The van der Waals surface area contributed by atoms with Crippen molar-refractivity contribution < 1.29 is 9.90 Å². The number of carboxylic acid groups (broad SMARTS) is 1. The molecule has 17 heavy (non-hydrogen) atoms. The van der Waals surface area contributed by atoms with Crippen LogP contribution < -0.4 is 10.2 Å². The standard InChI is InChI=1S/C13H20N2O2/c1-9-5-6-11(7-12(9)15(3)4)14-8-10(2)13(16)17/h5-7,10,14H,8H2,1-4H3,(H,16,17). The number of benzene rings is 1. The number of rotatable bonds is 5. The van der Waals surface area contributed by atoms with Crippen molar-refractivity contribution >= 4 is 17.3 Å². The van der Waals surface area contributed by atoms with Gasteiger partial charge in [-0.15, -0.1) is 0 Å². The molecule has 2 N–H and O–H groups in total. The Labute approximate surface area is 102 Å². The molecule has 4 nitrogen and oxygen atoms in total. The summed E-state index contributed by atoms with van der Waals surface area (Å²) in [7, 11) is 3.98. The van der Waals surface area contributed by atoms with Crippen molar-refractivity contribution in [3.63, 3.8) is 0 Å². The number of hydrogen-bond donors (Lipinski definition) is 2. The summed E-state index contributed by atoms with van der Waals surface area (Å²) >= 11 is 0. The van der Waals surface area contributed by atoms with Gasteiger partial charge in [-0.2, -0.15) is 0 Å². The molecule has 0 radical (unpaired) electrons. The Morgan fingerprint density at radius 1 is 1.47 bits per heavy atom. The van der Waals surface area contributed by atoms with Crippen LogP contribution in [0.25, 0.3) is 0 Å². The molecule has 0 saturated heterocycles. The number of aliphatic carboxylic acids is 1. The van der Waals surface area contributed by atoms with E-state index >= 15 is 0 Å². The van der Waals surface area contributed by atoms with Crippen molar-refractivity contribution in [3.05, 3.63) is 23.8 Å². The third-order valence-corrected chi connectivity index (χ3v) is 2.72. The second kappa shape index (κ2) is 5.57. The summed E-state index contributed by atoms with van der Waals surface area (Å²) < 4.78 is 0. The normalized spacial score (nSPS) is 12.0. The summed E-state index contributed by atoms with van der Waals surface area (Å²) in [4.78, 5) is 12.7. The zero-order valence-corrected chi connectivity index (χ0v) is 10.8. The average Bonchev–Trinajstić information content (AvgIpc) is 2.26. The fourth-order valence-electron chi connectivity index (χ4n) is 1.56. The first-order chi connectivity index (χ1) is 7.91. The zero-order valence-electron chi connectivity index (χ0n) is 10.8. The van der Waals surface area contributed by atoms with Crippen LogP contribution in [0.2, 0.25) is 0 Å². The molecule has 1 atom stereocenters. The van der Waals surface area contributed by atoms with E-state index in [4.69, 9.17) is 5.11 Å². The molecule has 0 amide bonds. The molecule has 0 spiro atoms. The maximum absolute atomic E-state index is 10.7. The third kappa shape index (κ3) is 3.66. The van der Waals surface area contributed by atoms with E-state index in [9.17, 15) is 4.79 Å². The Hall–Kier alpha value is -1.71. The Balaban J connectivity index is 2.73. The molecule has 0 aromatic heterocycles. The number of nitrogens with zero attached hydrogens (tertiary/aromatic N) is 1. The van der Waals surface area contributed by atoms with Crippen LogP contribution in [-0.2, 0) is 4.79 Å². The monoisotopic (exact) mass is 236 g/mol. The molecule has 0 fully saturated rings. The van der Waals surface area contributed by atoms with Crippen LogP contribution in [0, 0.1) is 12.8 Å². The van der Waals surface area contributed by atoms with Gasteiger partial charge in [-0.3, -0.25) is 4.79 Å². The van der Waals surface area contributed by atoms with Crippen LogP contribution in [0.1, 0.15) is 12.5 Å². The quantitative estimate of drug-likeness (QED) is 0.823. The first kappa shape index (κ1) is 13.4. The SMILES string of the molecule is Cc1ccc(NCC(C)C(=O)O)cc1N(C)C. The van der Waals surface area contributed by atoms with Crippen LogP contribution in [0.5, 0.6) is 0 Å². The van der Waals surface area contributed by atoms with E-state index in [1.54, 1.807) is 6.92 Å². The third-order valence-electron chi connectivity index (χ3n) is 2.72. The molecule has 94 valence electrons. The van der Waals surface area contributed by atoms with Gasteiger partial charge in [-0.25, -0.2) is 0 Å². The van der Waals surface area contributed by atoms with Crippen LogP contribution in [-0.4, -0.2) is 31.7 Å². The van der Waals surface area contributed by atoms with Crippen LogP contribution in [0.15, 0.2) is 18.2 Å². The lowest BCUT2D eigenvalue weighted by atomic mass is 10.1. The molecule has 0 aliphatic heterocycles. The fraction of sp³-hybridized carbons (Fsp3) is 0.462. The molecule has 1 aromatic carbocycles. The summed E-state index contributed by atoms with van der Waals surface area (Å²) in [5.74, 6) is -1.17. The molecule has 4 heteroatoms. The number of carbonyl (C=O) groups is 1. The smallest absolute Gasteiger partial charge is 0.308 e. The lowest BCUT2D eigenvalue weighted by molar-refractivity contribution is -0.140. The predicted octanol–water partition coefficient (Wildman–Crippen LogP) is 2.19. The van der Waals surface area contributed by atoms with Crippen molar-refractivity contribution in [2.75, 3.05) is 30.9 Å². The fourth-order valence-corrected chi connectivity index (χ4v) is 1.56. The van der Waals surface area contributed by atoms with Gasteiger partial charge in [0.2, 0.25) is 0 Å². The first-order valence-corrected chi connectivity index (χ1v) is 5.66. The van der Waals surface area contributed by atoms with Gasteiger partial charge in [0.1, 0.15) is 0 Å². The van der Waals surface area contributed by atoms with Gasteiger partial charge in [-0.05, 0) is 24.6 Å². The van der Waals surface area contributed by atoms with Gasteiger partial charge in [-0.1, -0.05) is 13.0 Å². The summed E-state index contributed by atoms with van der Waals surface area (Å²) in [6.07, 6.45) is 0. The topological polar surface area (TPSA) is 52.6 Å². The van der Waals surface area contributed by atoms with E-state index in [1.807, 2.05) is 37.2 Å². The molecule has 0 saturated carbocycles. The van der Waals surface area contributed by atoms with Crippen LogP contribution >= 0.6 is 0 Å². The highest BCUT2D eigenvalue weighted by Gasteiger charge is 2.10. The second-order valence-corrected chi connectivity index (χ2v) is 4.52. The Morgan fingerprint density at radius 3 is 2.65 bits per heavy atom. The minimum absolute atomic E-state index is 0.390. The number of nitrogens with one attached hydrogen (secondary N) is 1. The molecular weight excluding hydrogens is 216 g/mol. The number of anilines is 2. The summed E-state index contributed by atoms with van der Waals surface area (Å²) in [5, 5.41) is 11.9. The van der Waals surface area contributed by atoms with E-state index in [0.29, 0.717) is 6.54 Å². The van der Waals surface area contributed by atoms with E-state index < -0.39 is 5.97 Å². The minimum atomic E-state index is -0.780. The van der Waals surface area contributed by atoms with Gasteiger partial charge in [0.15, 0.2) is 0 Å². The first-order valence-electron chi connectivity index (χ1n) is 5.66. The average molecular weight is 236 g/mol. The highest BCUT2D eigenvalue weighted by molar-refractivity contribution is 5.70. The van der Waals surface area contributed by atoms with Gasteiger partial charge < -0.3 is 15.3 Å². The highest BCUT2D eigenvalue weighted by Crippen LogP contribution is 2.22. The Morgan fingerprint density at radius 2 is 2.12 bits per heavy atom.